The van der Waals surface area contributed by atoms with E-state index in [2.05, 4.69) is 6.07 Å². The highest BCUT2D eigenvalue weighted by atomic mass is 35.5. The summed E-state index contributed by atoms with van der Waals surface area (Å²) in [6.45, 7) is 0.757. The summed E-state index contributed by atoms with van der Waals surface area (Å²) in [5, 5.41) is 2.98. The molecule has 1 atom stereocenters. The predicted molar refractivity (Wildman–Crippen MR) is 102 cm³/mol. The Labute approximate surface area is 150 Å². The molecule has 3 aromatic carbocycles. The van der Waals surface area contributed by atoms with E-state index in [9.17, 15) is 4.79 Å². The minimum Gasteiger partial charge on any atom is -0.322 e. The molecule has 1 heterocycles. The van der Waals surface area contributed by atoms with Crippen LogP contribution in [0.25, 0.3) is 10.8 Å². The molecule has 4 heteroatoms. The second-order valence-electron chi connectivity index (χ2n) is 5.84. The summed E-state index contributed by atoms with van der Waals surface area (Å²) in [4.78, 5) is 15.0. The van der Waals surface area contributed by atoms with Crippen molar-refractivity contribution in [3.63, 3.8) is 0 Å². The lowest BCUT2D eigenvalue weighted by Crippen LogP contribution is -2.30. The number of carbonyl (C=O) groups is 1. The second-order valence-corrected chi connectivity index (χ2v) is 7.46. The molecular weight excluding hydrogens is 338 g/mol. The zero-order valence-electron chi connectivity index (χ0n) is 13.0. The molecule has 120 valence electrons. The largest absolute Gasteiger partial charge is 0.322 e. The molecule has 24 heavy (non-hydrogen) atoms. The monoisotopic (exact) mass is 353 g/mol. The molecule has 4 rings (SSSR count). The first-order valence-electron chi connectivity index (χ1n) is 7.89. The van der Waals surface area contributed by atoms with E-state index in [1.807, 2.05) is 65.6 Å². The Morgan fingerprint density at radius 3 is 2.67 bits per heavy atom. The predicted octanol–water partition coefficient (Wildman–Crippen LogP) is 5.38. The van der Waals surface area contributed by atoms with Gasteiger partial charge < -0.3 is 4.90 Å². The van der Waals surface area contributed by atoms with Gasteiger partial charge in [0.15, 0.2) is 0 Å². The van der Waals surface area contributed by atoms with Gasteiger partial charge in [0.25, 0.3) is 5.91 Å². The van der Waals surface area contributed by atoms with Crippen molar-refractivity contribution in [3.05, 3.63) is 82.9 Å². The fourth-order valence-electron chi connectivity index (χ4n) is 3.10. The van der Waals surface area contributed by atoms with Gasteiger partial charge in [-0.1, -0.05) is 54.1 Å². The maximum Gasteiger partial charge on any atom is 0.255 e. The van der Waals surface area contributed by atoms with Crippen LogP contribution in [0.2, 0.25) is 5.02 Å². The molecule has 1 saturated heterocycles. The zero-order chi connectivity index (χ0) is 16.5. The number of hydrogen-bond donors (Lipinski definition) is 0. The SMILES string of the molecule is O=C(c1ccc2ccccc2c1)N1CCS[C@@H]1c1cccc(Cl)c1. The number of thioether (sulfide) groups is 1. The van der Waals surface area contributed by atoms with Crippen molar-refractivity contribution in [2.24, 2.45) is 0 Å². The van der Waals surface area contributed by atoms with Crippen molar-refractivity contribution in [3.8, 4) is 0 Å². The average Bonchev–Trinajstić information content (AvgIpc) is 3.10. The lowest BCUT2D eigenvalue weighted by atomic mass is 10.1. The zero-order valence-corrected chi connectivity index (χ0v) is 14.6. The first kappa shape index (κ1) is 15.6. The van der Waals surface area contributed by atoms with Crippen molar-refractivity contribution in [1.29, 1.82) is 0 Å². The molecule has 0 bridgehead atoms. The molecule has 0 aromatic heterocycles. The lowest BCUT2D eigenvalue weighted by Gasteiger charge is -2.24. The number of fused-ring (bicyclic) bond motifs is 1. The fraction of sp³-hybridized carbons (Fsp3) is 0.150. The van der Waals surface area contributed by atoms with E-state index in [1.165, 1.54) is 0 Å². The standard InChI is InChI=1S/C20H16ClNOS/c21-18-7-3-6-17(13-18)20-22(10-11-24-20)19(23)16-9-8-14-4-1-2-5-15(14)12-16/h1-9,12-13,20H,10-11H2/t20-/m1/s1. The number of rotatable bonds is 2. The molecule has 3 aromatic rings. The van der Waals surface area contributed by atoms with E-state index in [0.29, 0.717) is 5.02 Å². The lowest BCUT2D eigenvalue weighted by molar-refractivity contribution is 0.0760. The van der Waals surface area contributed by atoms with Gasteiger partial charge in [-0.25, -0.2) is 0 Å². The molecule has 0 radical (unpaired) electrons. The number of amides is 1. The Bertz CT molecular complexity index is 911. The smallest absolute Gasteiger partial charge is 0.255 e. The summed E-state index contributed by atoms with van der Waals surface area (Å²) < 4.78 is 0. The third-order valence-electron chi connectivity index (χ3n) is 4.28. The Hall–Kier alpha value is -1.97. The van der Waals surface area contributed by atoms with Crippen molar-refractivity contribution in [2.75, 3.05) is 12.3 Å². The van der Waals surface area contributed by atoms with Crippen LogP contribution in [0.3, 0.4) is 0 Å². The molecule has 0 saturated carbocycles. The number of halogens is 1. The minimum absolute atomic E-state index is 0.0303. The van der Waals surface area contributed by atoms with Gasteiger partial charge in [-0.3, -0.25) is 4.79 Å². The first-order chi connectivity index (χ1) is 11.7. The van der Waals surface area contributed by atoms with Gasteiger partial charge in [0.1, 0.15) is 5.37 Å². The van der Waals surface area contributed by atoms with Crippen LogP contribution >= 0.6 is 23.4 Å². The number of carbonyl (C=O) groups excluding carboxylic acids is 1. The molecule has 0 N–H and O–H groups in total. The van der Waals surface area contributed by atoms with E-state index >= 15 is 0 Å². The third kappa shape index (κ3) is 2.90. The number of benzene rings is 3. The second kappa shape index (κ2) is 6.50. The van der Waals surface area contributed by atoms with Crippen LogP contribution < -0.4 is 0 Å². The van der Waals surface area contributed by atoms with Crippen LogP contribution in [0.4, 0.5) is 0 Å². The Balaban J connectivity index is 1.66. The summed E-state index contributed by atoms with van der Waals surface area (Å²) in [5.74, 6) is 1.02. The van der Waals surface area contributed by atoms with E-state index in [1.54, 1.807) is 11.8 Å². The molecule has 1 aliphatic heterocycles. The first-order valence-corrected chi connectivity index (χ1v) is 9.32. The van der Waals surface area contributed by atoms with Gasteiger partial charge >= 0.3 is 0 Å². The van der Waals surface area contributed by atoms with Crippen LogP contribution in [0, 0.1) is 0 Å². The molecule has 0 unspecified atom stereocenters. The van der Waals surface area contributed by atoms with Gasteiger partial charge in [-0.15, -0.1) is 11.8 Å². The molecule has 1 amide bonds. The number of hydrogen-bond acceptors (Lipinski definition) is 2. The van der Waals surface area contributed by atoms with E-state index < -0.39 is 0 Å². The van der Waals surface area contributed by atoms with E-state index in [0.717, 1.165) is 34.2 Å². The van der Waals surface area contributed by atoms with Crippen LogP contribution in [0.5, 0.6) is 0 Å². The summed E-state index contributed by atoms with van der Waals surface area (Å²) in [5.41, 5.74) is 1.82. The van der Waals surface area contributed by atoms with Gasteiger partial charge in [-0.2, -0.15) is 0 Å². The summed E-state index contributed by atoms with van der Waals surface area (Å²) in [7, 11) is 0. The van der Waals surface area contributed by atoms with Crippen molar-refractivity contribution in [2.45, 2.75) is 5.37 Å². The summed E-state index contributed by atoms with van der Waals surface area (Å²) >= 11 is 7.91. The highest BCUT2D eigenvalue weighted by Gasteiger charge is 2.31. The van der Waals surface area contributed by atoms with Gasteiger partial charge in [0.05, 0.1) is 0 Å². The average molecular weight is 354 g/mol. The van der Waals surface area contributed by atoms with Crippen molar-refractivity contribution < 1.29 is 4.79 Å². The minimum atomic E-state index is 0.0303. The molecule has 0 spiro atoms. The maximum atomic E-state index is 13.0. The summed E-state index contributed by atoms with van der Waals surface area (Å²) in [6.07, 6.45) is 0. The quantitative estimate of drug-likeness (QED) is 0.616. The molecular formula is C20H16ClNOS. The Morgan fingerprint density at radius 2 is 1.83 bits per heavy atom. The number of nitrogens with zero attached hydrogens (tertiary/aromatic N) is 1. The fourth-order valence-corrected chi connectivity index (χ4v) is 4.55. The van der Waals surface area contributed by atoms with Gasteiger partial charge in [0.2, 0.25) is 0 Å². The Kier molecular flexibility index (Phi) is 4.21. The molecule has 1 aliphatic rings. The Morgan fingerprint density at radius 1 is 1.00 bits per heavy atom. The maximum absolute atomic E-state index is 13.0. The van der Waals surface area contributed by atoms with Crippen LogP contribution in [0.15, 0.2) is 66.7 Å². The van der Waals surface area contributed by atoms with E-state index in [4.69, 9.17) is 11.6 Å². The van der Waals surface area contributed by atoms with Gasteiger partial charge in [0, 0.05) is 22.9 Å². The van der Waals surface area contributed by atoms with Crippen molar-refractivity contribution in [1.82, 2.24) is 4.90 Å². The molecule has 1 fully saturated rings. The highest BCUT2D eigenvalue weighted by Crippen LogP contribution is 2.39. The molecule has 2 nitrogen and oxygen atoms in total. The summed E-state index contributed by atoms with van der Waals surface area (Å²) in [6, 6.07) is 21.8. The highest BCUT2D eigenvalue weighted by molar-refractivity contribution is 7.99. The topological polar surface area (TPSA) is 20.3 Å². The molecule has 0 aliphatic carbocycles. The van der Waals surface area contributed by atoms with Crippen molar-refractivity contribution >= 4 is 40.0 Å². The van der Waals surface area contributed by atoms with Crippen LogP contribution in [-0.2, 0) is 0 Å². The van der Waals surface area contributed by atoms with Gasteiger partial charge in [-0.05, 0) is 40.6 Å². The third-order valence-corrected chi connectivity index (χ3v) is 5.78. The van der Waals surface area contributed by atoms with Crippen LogP contribution in [0.1, 0.15) is 21.3 Å². The van der Waals surface area contributed by atoms with E-state index in [-0.39, 0.29) is 11.3 Å². The van der Waals surface area contributed by atoms with Crippen LogP contribution in [-0.4, -0.2) is 23.1 Å². The normalized spacial score (nSPS) is 17.4.